The number of rotatable bonds is 6. The van der Waals surface area contributed by atoms with Gasteiger partial charge in [0, 0.05) is 18.0 Å². The minimum absolute atomic E-state index is 0. The molecule has 4 nitrogen and oxygen atoms in total. The minimum atomic E-state index is -0.0868. The highest BCUT2D eigenvalue weighted by Gasteiger charge is 2.13. The fraction of sp³-hybridized carbons (Fsp3) is 0.636. The number of carbonyl (C=O) groups is 1. The molecular formula is C11H20ClN3OS. The number of amides is 1. The minimum Gasteiger partial charge on any atom is -0.348 e. The number of hydrogen-bond acceptors (Lipinski definition) is 4. The van der Waals surface area contributed by atoms with E-state index in [1.807, 2.05) is 0 Å². The fourth-order valence-electron chi connectivity index (χ4n) is 1.50. The number of carbonyl (C=O) groups excluding carboxylic acids is 1. The normalized spacial score (nSPS) is 11.7. The van der Waals surface area contributed by atoms with E-state index in [4.69, 9.17) is 5.73 Å². The van der Waals surface area contributed by atoms with Crippen LogP contribution in [-0.2, 0) is 6.54 Å². The molecule has 0 saturated heterocycles. The summed E-state index contributed by atoms with van der Waals surface area (Å²) in [6.07, 6.45) is 3.04. The van der Waals surface area contributed by atoms with E-state index in [9.17, 15) is 4.79 Å². The molecule has 0 bridgehead atoms. The first-order chi connectivity index (χ1) is 7.71. The highest BCUT2D eigenvalue weighted by Crippen LogP contribution is 2.10. The lowest BCUT2D eigenvalue weighted by molar-refractivity contribution is 0.0929. The molecular weight excluding hydrogens is 258 g/mol. The zero-order chi connectivity index (χ0) is 12.0. The second-order valence-electron chi connectivity index (χ2n) is 3.70. The van der Waals surface area contributed by atoms with Crippen molar-refractivity contribution in [2.24, 2.45) is 5.73 Å². The zero-order valence-corrected chi connectivity index (χ0v) is 11.9. The average molecular weight is 278 g/mol. The van der Waals surface area contributed by atoms with E-state index in [0.29, 0.717) is 12.2 Å². The number of halogens is 1. The van der Waals surface area contributed by atoms with E-state index < -0.39 is 0 Å². The Morgan fingerprint density at radius 1 is 1.59 bits per heavy atom. The topological polar surface area (TPSA) is 68.0 Å². The maximum atomic E-state index is 11.8. The number of nitrogens with two attached hydrogens (primary N) is 1. The van der Waals surface area contributed by atoms with Gasteiger partial charge < -0.3 is 11.1 Å². The maximum absolute atomic E-state index is 11.8. The molecule has 1 atom stereocenters. The molecule has 0 aromatic carbocycles. The van der Waals surface area contributed by atoms with Crippen molar-refractivity contribution >= 4 is 29.7 Å². The Labute approximate surface area is 112 Å². The van der Waals surface area contributed by atoms with E-state index in [2.05, 4.69) is 24.1 Å². The summed E-state index contributed by atoms with van der Waals surface area (Å²) in [4.78, 5) is 16.0. The van der Waals surface area contributed by atoms with Crippen LogP contribution in [0.5, 0.6) is 0 Å². The summed E-state index contributed by atoms with van der Waals surface area (Å²) in [5.41, 5.74) is 5.94. The van der Waals surface area contributed by atoms with E-state index in [-0.39, 0.29) is 24.4 Å². The third-order valence-electron chi connectivity index (χ3n) is 2.42. The Kier molecular flexibility index (Phi) is 8.12. The Morgan fingerprint density at radius 3 is 2.76 bits per heavy atom. The van der Waals surface area contributed by atoms with Gasteiger partial charge in [-0.1, -0.05) is 20.3 Å². The lowest BCUT2D eigenvalue weighted by Gasteiger charge is -2.14. The Morgan fingerprint density at radius 2 is 2.29 bits per heavy atom. The number of thiazole rings is 1. The van der Waals surface area contributed by atoms with Crippen molar-refractivity contribution in [3.05, 3.63) is 16.1 Å². The molecule has 0 saturated carbocycles. The van der Waals surface area contributed by atoms with Crippen LogP contribution in [0.2, 0.25) is 0 Å². The van der Waals surface area contributed by atoms with Gasteiger partial charge in [-0.2, -0.15) is 0 Å². The lowest BCUT2D eigenvalue weighted by Crippen LogP contribution is -2.34. The van der Waals surface area contributed by atoms with Crippen LogP contribution in [0.25, 0.3) is 0 Å². The molecule has 3 N–H and O–H groups in total. The molecule has 0 aliphatic carbocycles. The van der Waals surface area contributed by atoms with Crippen molar-refractivity contribution in [3.63, 3.8) is 0 Å². The third-order valence-corrected chi connectivity index (χ3v) is 3.30. The van der Waals surface area contributed by atoms with Gasteiger partial charge in [0.05, 0.1) is 0 Å². The molecule has 6 heteroatoms. The molecule has 1 amide bonds. The molecule has 1 aromatic heterocycles. The highest BCUT2D eigenvalue weighted by atomic mass is 35.5. The van der Waals surface area contributed by atoms with Crippen molar-refractivity contribution < 1.29 is 4.79 Å². The van der Waals surface area contributed by atoms with Gasteiger partial charge in [0.1, 0.15) is 10.7 Å². The molecule has 1 aromatic rings. The molecule has 0 fully saturated rings. The summed E-state index contributed by atoms with van der Waals surface area (Å²) < 4.78 is 0. The molecule has 1 heterocycles. The predicted octanol–water partition coefficient (Wildman–Crippen LogP) is 2.33. The van der Waals surface area contributed by atoms with Crippen LogP contribution in [0.3, 0.4) is 0 Å². The van der Waals surface area contributed by atoms with Crippen molar-refractivity contribution in [2.45, 2.75) is 45.7 Å². The quantitative estimate of drug-likeness (QED) is 0.839. The van der Waals surface area contributed by atoms with Gasteiger partial charge >= 0.3 is 0 Å². The van der Waals surface area contributed by atoms with Crippen LogP contribution in [0, 0.1) is 0 Å². The summed E-state index contributed by atoms with van der Waals surface area (Å²) in [7, 11) is 0. The smallest absolute Gasteiger partial charge is 0.270 e. The van der Waals surface area contributed by atoms with Crippen molar-refractivity contribution in [1.29, 1.82) is 0 Å². The summed E-state index contributed by atoms with van der Waals surface area (Å²) in [5.74, 6) is -0.0868. The van der Waals surface area contributed by atoms with Crippen LogP contribution >= 0.6 is 23.7 Å². The summed E-state index contributed by atoms with van der Waals surface area (Å²) >= 11 is 1.43. The number of nitrogens with one attached hydrogen (secondary N) is 1. The van der Waals surface area contributed by atoms with Gasteiger partial charge in [0.25, 0.3) is 5.91 Å². The third kappa shape index (κ3) is 5.02. The van der Waals surface area contributed by atoms with Crippen LogP contribution < -0.4 is 11.1 Å². The average Bonchev–Trinajstić information content (AvgIpc) is 2.76. The Hall–Kier alpha value is -0.650. The van der Waals surface area contributed by atoms with Gasteiger partial charge in [-0.05, 0) is 12.8 Å². The zero-order valence-electron chi connectivity index (χ0n) is 10.2. The number of nitrogens with zero attached hydrogens (tertiary/aromatic N) is 1. The van der Waals surface area contributed by atoms with Crippen LogP contribution in [0.15, 0.2) is 5.38 Å². The largest absolute Gasteiger partial charge is 0.348 e. The van der Waals surface area contributed by atoms with Crippen LogP contribution in [0.4, 0.5) is 0 Å². The van der Waals surface area contributed by atoms with Gasteiger partial charge in [0.15, 0.2) is 0 Å². The maximum Gasteiger partial charge on any atom is 0.270 e. The SMILES string of the molecule is CCCC(CC)NC(=O)c1csc(CN)n1.Cl. The fourth-order valence-corrected chi connectivity index (χ4v) is 2.15. The summed E-state index contributed by atoms with van der Waals surface area (Å²) in [6, 6.07) is 0.250. The molecule has 1 unspecified atom stereocenters. The van der Waals surface area contributed by atoms with Gasteiger partial charge in [-0.25, -0.2) is 4.98 Å². The standard InChI is InChI=1S/C11H19N3OS.ClH/c1-3-5-8(4-2)13-11(15)9-7-16-10(6-12)14-9;/h7-8H,3-6,12H2,1-2H3,(H,13,15);1H. The van der Waals surface area contributed by atoms with Gasteiger partial charge in [0.2, 0.25) is 0 Å². The van der Waals surface area contributed by atoms with E-state index >= 15 is 0 Å². The van der Waals surface area contributed by atoms with E-state index in [0.717, 1.165) is 24.3 Å². The summed E-state index contributed by atoms with van der Waals surface area (Å²) in [6.45, 7) is 4.58. The second-order valence-corrected chi connectivity index (χ2v) is 4.64. The van der Waals surface area contributed by atoms with E-state index in [1.165, 1.54) is 11.3 Å². The van der Waals surface area contributed by atoms with Gasteiger partial charge in [-0.3, -0.25) is 4.79 Å². The molecule has 0 aliphatic heterocycles. The Balaban J connectivity index is 0.00000256. The predicted molar refractivity (Wildman–Crippen MR) is 73.7 cm³/mol. The lowest BCUT2D eigenvalue weighted by atomic mass is 10.1. The first-order valence-electron chi connectivity index (χ1n) is 5.66. The first kappa shape index (κ1) is 16.4. The highest BCUT2D eigenvalue weighted by molar-refractivity contribution is 7.09. The number of aromatic nitrogens is 1. The molecule has 0 radical (unpaired) electrons. The van der Waals surface area contributed by atoms with Crippen LogP contribution in [0.1, 0.15) is 48.6 Å². The van der Waals surface area contributed by atoms with Crippen molar-refractivity contribution in [3.8, 4) is 0 Å². The summed E-state index contributed by atoms with van der Waals surface area (Å²) in [5, 5.41) is 5.55. The monoisotopic (exact) mass is 277 g/mol. The second kappa shape index (κ2) is 8.44. The van der Waals surface area contributed by atoms with Crippen molar-refractivity contribution in [1.82, 2.24) is 10.3 Å². The molecule has 0 aliphatic rings. The van der Waals surface area contributed by atoms with Gasteiger partial charge in [-0.15, -0.1) is 23.7 Å². The molecule has 0 spiro atoms. The molecule has 17 heavy (non-hydrogen) atoms. The van der Waals surface area contributed by atoms with Crippen molar-refractivity contribution in [2.75, 3.05) is 0 Å². The number of hydrogen-bond donors (Lipinski definition) is 2. The first-order valence-corrected chi connectivity index (χ1v) is 6.54. The molecule has 1 rings (SSSR count). The van der Waals surface area contributed by atoms with E-state index in [1.54, 1.807) is 5.38 Å². The Bertz CT molecular complexity index is 343. The van der Waals surface area contributed by atoms with Crippen LogP contribution in [-0.4, -0.2) is 16.9 Å². The molecule has 98 valence electrons.